The molecule has 0 unspecified atom stereocenters. The molecule has 2 aromatic carbocycles. The van der Waals surface area contributed by atoms with Gasteiger partial charge in [0.05, 0.1) is 17.4 Å². The number of aryl methyl sites for hydroxylation is 6. The van der Waals surface area contributed by atoms with Crippen LogP contribution in [0.5, 0.6) is 0 Å². The van der Waals surface area contributed by atoms with E-state index in [2.05, 4.69) is 70.7 Å². The fraction of sp³-hybridized carbons (Fsp3) is 0.440. The van der Waals surface area contributed by atoms with Crippen molar-refractivity contribution < 1.29 is 4.74 Å². The van der Waals surface area contributed by atoms with E-state index >= 15 is 0 Å². The predicted octanol–water partition coefficient (Wildman–Crippen LogP) is 5.79. The van der Waals surface area contributed by atoms with Crippen LogP contribution in [0.2, 0.25) is 0 Å². The Bertz CT molecular complexity index is 973. The Balaban J connectivity index is 1.85. The molecule has 0 radical (unpaired) electrons. The van der Waals surface area contributed by atoms with Gasteiger partial charge in [-0.2, -0.15) is 0 Å². The van der Waals surface area contributed by atoms with Crippen LogP contribution in [0.4, 0.5) is 11.4 Å². The molecule has 2 heterocycles. The lowest BCUT2D eigenvalue weighted by Gasteiger charge is -2.33. The van der Waals surface area contributed by atoms with Gasteiger partial charge in [-0.15, -0.1) is 0 Å². The SMILES string of the molecule is Cc1cc(C)c(N=C2OC[C@@H]3CCCN3C2=Nc2c(C)cc(C)cc2C)c(C)c1. The van der Waals surface area contributed by atoms with Gasteiger partial charge in [-0.05, 0) is 76.6 Å². The summed E-state index contributed by atoms with van der Waals surface area (Å²) < 4.78 is 6.20. The Kier molecular flexibility index (Phi) is 5.20. The fourth-order valence-electron chi connectivity index (χ4n) is 4.75. The summed E-state index contributed by atoms with van der Waals surface area (Å²) in [6.45, 7) is 14.5. The van der Waals surface area contributed by atoms with Crippen LogP contribution in [0.1, 0.15) is 46.2 Å². The van der Waals surface area contributed by atoms with E-state index in [4.69, 9.17) is 14.7 Å². The molecule has 0 aromatic heterocycles. The maximum absolute atomic E-state index is 6.20. The molecule has 152 valence electrons. The number of ether oxygens (including phenoxy) is 1. The van der Waals surface area contributed by atoms with Crippen LogP contribution in [0.15, 0.2) is 34.3 Å². The maximum atomic E-state index is 6.20. The van der Waals surface area contributed by atoms with Gasteiger partial charge in [0, 0.05) is 6.54 Å². The standard InChI is InChI=1S/C25H31N3O/c1-15-10-17(3)22(18(4)11-15)26-24-25(29-14-21-8-7-9-28(21)24)27-23-19(5)12-16(2)13-20(23)6/h10-13,21H,7-9,14H2,1-6H3/t21-/m0/s1. The number of aliphatic imine (C=N–C) groups is 2. The predicted molar refractivity (Wildman–Crippen MR) is 121 cm³/mol. The topological polar surface area (TPSA) is 37.2 Å². The van der Waals surface area contributed by atoms with Crippen LogP contribution in [0, 0.1) is 41.5 Å². The number of benzene rings is 2. The number of rotatable bonds is 2. The van der Waals surface area contributed by atoms with Crippen molar-refractivity contribution >= 4 is 23.1 Å². The highest BCUT2D eigenvalue weighted by atomic mass is 16.5. The van der Waals surface area contributed by atoms with E-state index in [-0.39, 0.29) is 0 Å². The largest absolute Gasteiger partial charge is 0.473 e. The minimum absolute atomic E-state index is 0.402. The van der Waals surface area contributed by atoms with Crippen molar-refractivity contribution in [3.63, 3.8) is 0 Å². The lowest BCUT2D eigenvalue weighted by Crippen LogP contribution is -2.48. The summed E-state index contributed by atoms with van der Waals surface area (Å²) in [6, 6.07) is 9.15. The van der Waals surface area contributed by atoms with Gasteiger partial charge in [-0.1, -0.05) is 35.4 Å². The summed E-state index contributed by atoms with van der Waals surface area (Å²) in [4.78, 5) is 12.5. The van der Waals surface area contributed by atoms with Crippen LogP contribution < -0.4 is 0 Å². The second-order valence-electron chi connectivity index (χ2n) is 8.65. The zero-order chi connectivity index (χ0) is 20.7. The van der Waals surface area contributed by atoms with Gasteiger partial charge in [0.1, 0.15) is 6.61 Å². The highest BCUT2D eigenvalue weighted by Crippen LogP contribution is 2.31. The summed E-state index contributed by atoms with van der Waals surface area (Å²) in [5.74, 6) is 1.53. The fourth-order valence-corrected chi connectivity index (χ4v) is 4.75. The molecule has 0 N–H and O–H groups in total. The zero-order valence-corrected chi connectivity index (χ0v) is 18.5. The average Bonchev–Trinajstić information content (AvgIpc) is 3.10. The van der Waals surface area contributed by atoms with Crippen LogP contribution >= 0.6 is 0 Å². The van der Waals surface area contributed by atoms with Crippen LogP contribution in [-0.4, -0.2) is 35.8 Å². The molecule has 4 nitrogen and oxygen atoms in total. The molecule has 2 saturated heterocycles. The highest BCUT2D eigenvalue weighted by Gasteiger charge is 2.36. The highest BCUT2D eigenvalue weighted by molar-refractivity contribution is 6.39. The summed E-state index contributed by atoms with van der Waals surface area (Å²) in [5.41, 5.74) is 9.28. The number of amidine groups is 1. The molecule has 29 heavy (non-hydrogen) atoms. The van der Waals surface area contributed by atoms with Gasteiger partial charge in [0.2, 0.25) is 0 Å². The molecule has 1 atom stereocenters. The number of fused-ring (bicyclic) bond motifs is 1. The molecule has 0 saturated carbocycles. The third kappa shape index (κ3) is 3.81. The van der Waals surface area contributed by atoms with E-state index < -0.39 is 0 Å². The Hall–Kier alpha value is -2.62. The molecule has 2 aliphatic heterocycles. The van der Waals surface area contributed by atoms with E-state index in [1.807, 2.05) is 0 Å². The van der Waals surface area contributed by atoms with E-state index in [9.17, 15) is 0 Å². The van der Waals surface area contributed by atoms with Gasteiger partial charge in [-0.25, -0.2) is 9.98 Å². The molecule has 4 rings (SSSR count). The molecule has 2 aromatic rings. The van der Waals surface area contributed by atoms with Crippen molar-refractivity contribution in [2.75, 3.05) is 13.2 Å². The first-order chi connectivity index (χ1) is 13.8. The zero-order valence-electron chi connectivity index (χ0n) is 18.5. The van der Waals surface area contributed by atoms with Crippen LogP contribution in [0.3, 0.4) is 0 Å². The number of nitrogens with zero attached hydrogens (tertiary/aromatic N) is 3. The normalized spacial score (nSPS) is 21.6. The van der Waals surface area contributed by atoms with Crippen molar-refractivity contribution in [1.82, 2.24) is 4.90 Å². The first-order valence-corrected chi connectivity index (χ1v) is 10.6. The Morgan fingerprint density at radius 2 is 1.31 bits per heavy atom. The van der Waals surface area contributed by atoms with Gasteiger partial charge >= 0.3 is 0 Å². The van der Waals surface area contributed by atoms with E-state index in [0.29, 0.717) is 18.5 Å². The molecule has 0 amide bonds. The first-order valence-electron chi connectivity index (χ1n) is 10.6. The molecular weight excluding hydrogens is 358 g/mol. The third-order valence-corrected chi connectivity index (χ3v) is 5.95. The van der Waals surface area contributed by atoms with E-state index in [1.54, 1.807) is 0 Å². The first kappa shape index (κ1) is 19.7. The smallest absolute Gasteiger partial charge is 0.258 e. The number of morpholine rings is 1. The van der Waals surface area contributed by atoms with Crippen molar-refractivity contribution in [2.24, 2.45) is 9.98 Å². The van der Waals surface area contributed by atoms with Gasteiger partial charge < -0.3 is 9.64 Å². The summed E-state index contributed by atoms with van der Waals surface area (Å²) in [5, 5.41) is 0. The molecule has 0 spiro atoms. The van der Waals surface area contributed by atoms with Crippen molar-refractivity contribution in [1.29, 1.82) is 0 Å². The Morgan fingerprint density at radius 1 is 0.793 bits per heavy atom. The lowest BCUT2D eigenvalue weighted by molar-refractivity contribution is 0.196. The minimum Gasteiger partial charge on any atom is -0.473 e. The third-order valence-electron chi connectivity index (χ3n) is 5.95. The van der Waals surface area contributed by atoms with Crippen LogP contribution in [-0.2, 0) is 4.74 Å². The summed E-state index contributed by atoms with van der Waals surface area (Å²) >= 11 is 0. The monoisotopic (exact) mass is 389 g/mol. The lowest BCUT2D eigenvalue weighted by atomic mass is 10.1. The average molecular weight is 390 g/mol. The summed E-state index contributed by atoms with van der Waals surface area (Å²) in [6.07, 6.45) is 2.33. The molecule has 4 heteroatoms. The van der Waals surface area contributed by atoms with Gasteiger partial charge in [0.25, 0.3) is 5.90 Å². The van der Waals surface area contributed by atoms with Gasteiger partial charge in [-0.3, -0.25) is 0 Å². The molecule has 0 bridgehead atoms. The van der Waals surface area contributed by atoms with Crippen molar-refractivity contribution in [3.8, 4) is 0 Å². The second kappa shape index (κ2) is 7.66. The molecule has 0 aliphatic carbocycles. The van der Waals surface area contributed by atoms with E-state index in [0.717, 1.165) is 30.2 Å². The number of hydrogen-bond donors (Lipinski definition) is 0. The summed E-state index contributed by atoms with van der Waals surface area (Å²) in [7, 11) is 0. The quantitative estimate of drug-likeness (QED) is 0.652. The molecular formula is C25H31N3O. The second-order valence-corrected chi connectivity index (χ2v) is 8.65. The Labute approximate surface area is 174 Å². The van der Waals surface area contributed by atoms with Crippen molar-refractivity contribution in [3.05, 3.63) is 57.6 Å². The Morgan fingerprint density at radius 3 is 1.86 bits per heavy atom. The van der Waals surface area contributed by atoms with E-state index in [1.165, 1.54) is 39.8 Å². The number of hydrogen-bond acceptors (Lipinski definition) is 3. The maximum Gasteiger partial charge on any atom is 0.258 e. The van der Waals surface area contributed by atoms with Crippen molar-refractivity contribution in [2.45, 2.75) is 60.4 Å². The minimum atomic E-state index is 0.402. The van der Waals surface area contributed by atoms with Crippen LogP contribution in [0.25, 0.3) is 0 Å². The molecule has 2 aliphatic rings. The molecule has 2 fully saturated rings. The van der Waals surface area contributed by atoms with Gasteiger partial charge in [0.15, 0.2) is 5.84 Å².